The van der Waals surface area contributed by atoms with Crippen molar-refractivity contribution < 1.29 is 4.42 Å². The van der Waals surface area contributed by atoms with Crippen LogP contribution >= 0.6 is 0 Å². The molecule has 0 unspecified atom stereocenters. The van der Waals surface area contributed by atoms with Gasteiger partial charge in [0.05, 0.1) is 61.2 Å². The van der Waals surface area contributed by atoms with Crippen molar-refractivity contribution in [3.05, 3.63) is 233 Å². The lowest BCUT2D eigenvalue weighted by Crippen LogP contribution is -2.13. The molecule has 15 rings (SSSR count). The zero-order valence-corrected chi connectivity index (χ0v) is 59.1. The second-order valence-corrected chi connectivity index (χ2v) is 33.1. The average molecular weight is 1260 g/mol. The van der Waals surface area contributed by atoms with Gasteiger partial charge in [-0.25, -0.2) is 9.97 Å². The number of hydrogen-bond acceptors (Lipinski definition) is 4. The number of nitriles is 1. The molecule has 0 bridgehead atoms. The van der Waals surface area contributed by atoms with Crippen molar-refractivity contribution >= 4 is 87.4 Å². The summed E-state index contributed by atoms with van der Waals surface area (Å²) in [4.78, 5) is 10.8. The van der Waals surface area contributed by atoms with Crippen molar-refractivity contribution in [3.63, 3.8) is 0 Å². The fraction of sp³-hybridized carbons (Fsp3) is 0.270. The van der Waals surface area contributed by atoms with Crippen LogP contribution in [0.1, 0.15) is 164 Å². The number of rotatable bonds is 6. The molecule has 0 aliphatic rings. The molecular formula is C89H86N6O. The zero-order valence-electron chi connectivity index (χ0n) is 59.1. The number of nitrogens with zero attached hydrogens (tertiary/aromatic N) is 6. The average Bonchev–Trinajstić information content (AvgIpc) is 1.50. The van der Waals surface area contributed by atoms with Gasteiger partial charge >= 0.3 is 0 Å². The summed E-state index contributed by atoms with van der Waals surface area (Å²) < 4.78 is 15.5. The van der Waals surface area contributed by atoms with Crippen LogP contribution < -0.4 is 0 Å². The maximum absolute atomic E-state index is 13.2. The number of fused-ring (bicyclic) bond motifs is 12. The molecule has 0 N–H and O–H groups in total. The Labute approximate surface area is 564 Å². The first-order valence-corrected chi connectivity index (χ1v) is 34.1. The normalized spacial score (nSPS) is 13.1. The lowest BCUT2D eigenvalue weighted by molar-refractivity contribution is 0.590. The van der Waals surface area contributed by atoms with Gasteiger partial charge in [-0.15, -0.1) is 0 Å². The van der Waals surface area contributed by atoms with Crippen molar-refractivity contribution in [2.45, 2.75) is 157 Å². The van der Waals surface area contributed by atoms with Crippen molar-refractivity contribution in [2.24, 2.45) is 0 Å². The summed E-state index contributed by atoms with van der Waals surface area (Å²) >= 11 is 0. The fourth-order valence-corrected chi connectivity index (χ4v) is 14.6. The first kappa shape index (κ1) is 62.1. The minimum Gasteiger partial charge on any atom is -0.453 e. The Hall–Kier alpha value is -10.0. The number of hydrogen-bond donors (Lipinski definition) is 0. The van der Waals surface area contributed by atoms with Gasteiger partial charge in [-0.3, -0.25) is 0 Å². The van der Waals surface area contributed by atoms with E-state index < -0.39 is 0 Å². The molecule has 7 heteroatoms. The van der Waals surface area contributed by atoms with Gasteiger partial charge < -0.3 is 18.1 Å². The van der Waals surface area contributed by atoms with Crippen molar-refractivity contribution in [2.75, 3.05) is 0 Å². The first-order valence-electron chi connectivity index (χ1n) is 34.1. The van der Waals surface area contributed by atoms with Gasteiger partial charge in [-0.1, -0.05) is 234 Å². The van der Waals surface area contributed by atoms with Gasteiger partial charge in [0.25, 0.3) is 0 Å². The second-order valence-electron chi connectivity index (χ2n) is 33.1. The molecule has 5 heterocycles. The highest BCUT2D eigenvalue weighted by Crippen LogP contribution is 2.52. The lowest BCUT2D eigenvalue weighted by atomic mass is 9.85. The second kappa shape index (κ2) is 21.5. The van der Waals surface area contributed by atoms with E-state index in [2.05, 4.69) is 314 Å². The third-order valence-corrected chi connectivity index (χ3v) is 20.2. The molecule has 0 aliphatic heterocycles. The monoisotopic (exact) mass is 1250 g/mol. The van der Waals surface area contributed by atoms with E-state index in [1.165, 1.54) is 33.4 Å². The Bertz CT molecular complexity index is 5480. The van der Waals surface area contributed by atoms with Crippen molar-refractivity contribution in [3.8, 4) is 57.0 Å². The van der Waals surface area contributed by atoms with Crippen LogP contribution in [-0.2, 0) is 32.5 Å². The standard InChI is InChI=1S/C89H86N6O/c1-84(2,3)54-32-38-71-62(44-54)63-45-55(85(4,5)6)33-39-72(63)93(71)78-68(51-90)79(94-73-40-34-56(86(7,8)9)46-64(73)65-47-57(87(10,11)12)35-41-74(65)94)80(95-75-42-36-58(88(13,14)15)48-66(75)67-49-59(89(16,17)18)37-43-76(67)95)82-77(78)61-31-25-30-60(81(61)96-82)70-50-69(52-26-21-19-22-27-52)91-83(92-70)53-28-23-20-24-29-53/h19-50H,1-18H3. The molecule has 478 valence electrons. The van der Waals surface area contributed by atoms with Gasteiger partial charge in [0.2, 0.25) is 0 Å². The maximum atomic E-state index is 13.2. The zero-order chi connectivity index (χ0) is 67.7. The fourth-order valence-electron chi connectivity index (χ4n) is 14.6. The molecule has 0 fully saturated rings. The smallest absolute Gasteiger partial charge is 0.163 e. The molecule has 15 aromatic rings. The molecule has 0 atom stereocenters. The molecular weight excluding hydrogens is 1170 g/mol. The van der Waals surface area contributed by atoms with Crippen LogP contribution in [0, 0.1) is 11.3 Å². The molecule has 0 radical (unpaired) electrons. The highest BCUT2D eigenvalue weighted by atomic mass is 16.3. The number of furan rings is 1. The molecule has 0 amide bonds. The van der Waals surface area contributed by atoms with Gasteiger partial charge in [0, 0.05) is 54.4 Å². The summed E-state index contributed by atoms with van der Waals surface area (Å²) in [5, 5.41) is 21.6. The molecule has 0 spiro atoms. The van der Waals surface area contributed by atoms with E-state index in [0.29, 0.717) is 28.2 Å². The third kappa shape index (κ3) is 10.0. The van der Waals surface area contributed by atoms with E-state index >= 15 is 0 Å². The van der Waals surface area contributed by atoms with Crippen LogP contribution in [-0.4, -0.2) is 23.7 Å². The van der Waals surface area contributed by atoms with Crippen LogP contribution in [0.5, 0.6) is 0 Å². The van der Waals surface area contributed by atoms with Gasteiger partial charge in [-0.2, -0.15) is 5.26 Å². The highest BCUT2D eigenvalue weighted by molar-refractivity contribution is 6.22. The van der Waals surface area contributed by atoms with Crippen molar-refractivity contribution in [1.29, 1.82) is 5.26 Å². The van der Waals surface area contributed by atoms with Gasteiger partial charge in [0.1, 0.15) is 22.9 Å². The minimum atomic E-state index is -0.157. The quantitative estimate of drug-likeness (QED) is 0.166. The predicted molar refractivity (Wildman–Crippen MR) is 406 cm³/mol. The van der Waals surface area contributed by atoms with E-state index in [-0.39, 0.29) is 32.5 Å². The molecule has 5 aromatic heterocycles. The molecule has 0 aliphatic carbocycles. The largest absolute Gasteiger partial charge is 0.453 e. The number of para-hydroxylation sites is 1. The summed E-state index contributed by atoms with van der Waals surface area (Å²) in [5.74, 6) is 0.607. The Morgan fingerprint density at radius 1 is 0.312 bits per heavy atom. The Morgan fingerprint density at radius 2 is 0.646 bits per heavy atom. The Morgan fingerprint density at radius 3 is 1.00 bits per heavy atom. The summed E-state index contributed by atoms with van der Waals surface area (Å²) in [6.07, 6.45) is 0. The first-order chi connectivity index (χ1) is 45.4. The highest BCUT2D eigenvalue weighted by Gasteiger charge is 2.36. The van der Waals surface area contributed by atoms with Crippen LogP contribution in [0.15, 0.2) is 199 Å². The van der Waals surface area contributed by atoms with Crippen molar-refractivity contribution in [1.82, 2.24) is 23.7 Å². The Kier molecular flexibility index (Phi) is 13.9. The van der Waals surface area contributed by atoms with Gasteiger partial charge in [0.15, 0.2) is 11.4 Å². The van der Waals surface area contributed by atoms with E-state index in [4.69, 9.17) is 14.4 Å². The Balaban J connectivity index is 1.23. The lowest BCUT2D eigenvalue weighted by Gasteiger charge is -2.24. The molecule has 7 nitrogen and oxygen atoms in total. The summed E-state index contributed by atoms with van der Waals surface area (Å²) in [7, 11) is 0. The molecule has 96 heavy (non-hydrogen) atoms. The SMILES string of the molecule is CC(C)(C)c1ccc2c(c1)c1cc(C(C)(C)C)ccc1n2-c1c(C#N)c(-n2c3ccc(C(C)(C)C)cc3c3cc(C(C)(C)C)ccc32)c2c(oc3c(-c4cc(-c5ccccc5)nc(-c5ccccc5)n4)cccc32)c1-n1c2ccc(C(C)(C)C)cc2c2cc(C(C)(C)C)ccc21. The summed E-state index contributed by atoms with van der Waals surface area (Å²) in [6.45, 7) is 41.3. The van der Waals surface area contributed by atoms with Crippen LogP contribution in [0.4, 0.5) is 0 Å². The number of aromatic nitrogens is 5. The van der Waals surface area contributed by atoms with E-state index in [0.717, 1.165) is 116 Å². The van der Waals surface area contributed by atoms with Crippen LogP contribution in [0.25, 0.3) is 138 Å². The van der Waals surface area contributed by atoms with Crippen LogP contribution in [0.2, 0.25) is 0 Å². The third-order valence-electron chi connectivity index (χ3n) is 20.2. The summed E-state index contributed by atoms with van der Waals surface area (Å²) in [5.41, 5.74) is 20.7. The summed E-state index contributed by atoms with van der Waals surface area (Å²) in [6, 6.07) is 74.4. The molecule has 0 saturated heterocycles. The van der Waals surface area contributed by atoms with E-state index in [9.17, 15) is 5.26 Å². The van der Waals surface area contributed by atoms with Gasteiger partial charge in [-0.05, 0) is 151 Å². The van der Waals surface area contributed by atoms with Crippen LogP contribution in [0.3, 0.4) is 0 Å². The minimum absolute atomic E-state index is 0.150. The number of benzene rings is 10. The maximum Gasteiger partial charge on any atom is 0.163 e. The molecule has 0 saturated carbocycles. The predicted octanol–water partition coefficient (Wildman–Crippen LogP) is 24.3. The van der Waals surface area contributed by atoms with E-state index in [1.54, 1.807) is 0 Å². The molecule has 10 aromatic carbocycles. The van der Waals surface area contributed by atoms with E-state index in [1.807, 2.05) is 24.3 Å². The topological polar surface area (TPSA) is 77.5 Å².